The average molecular weight is 574 g/mol. The second-order valence-electron chi connectivity index (χ2n) is 8.37. The molecular weight excluding hydrogens is 535 g/mol. The maximum absolute atomic E-state index is 8.49. The molecular formula is C18H38Cl2N4O8S2. The maximum atomic E-state index is 8.49. The summed E-state index contributed by atoms with van der Waals surface area (Å²) >= 11 is 4.37. The summed E-state index contributed by atoms with van der Waals surface area (Å²) in [6.07, 6.45) is 2.78. The number of nitrogens with zero attached hydrogens (tertiary/aromatic N) is 2. The van der Waals surface area contributed by atoms with Crippen LogP contribution in [-0.4, -0.2) is 111 Å². The van der Waals surface area contributed by atoms with Crippen molar-refractivity contribution >= 4 is 23.5 Å². The topological polar surface area (TPSA) is 200 Å². The van der Waals surface area contributed by atoms with Crippen molar-refractivity contribution in [3.63, 3.8) is 0 Å². The van der Waals surface area contributed by atoms with Crippen molar-refractivity contribution in [1.29, 1.82) is 0 Å². The Morgan fingerprint density at radius 1 is 0.441 bits per heavy atom. The largest absolute Gasteiger partial charge is 0.333 e. The van der Waals surface area contributed by atoms with E-state index in [4.69, 9.17) is 37.3 Å². The van der Waals surface area contributed by atoms with Gasteiger partial charge in [-0.2, -0.15) is 23.5 Å². The Bertz CT molecular complexity index is 439. The zero-order chi connectivity index (χ0) is 25.5. The molecule has 0 aliphatic carbocycles. The summed E-state index contributed by atoms with van der Waals surface area (Å²) in [6.45, 7) is 16.2. The fourth-order valence-corrected chi connectivity index (χ4v) is 6.23. The van der Waals surface area contributed by atoms with E-state index in [-0.39, 0.29) is 0 Å². The molecule has 3 aliphatic rings. The highest BCUT2D eigenvalue weighted by Crippen LogP contribution is 2.04. The smallest absolute Gasteiger partial charge is 0.0900 e. The number of fused-ring (bicyclic) bond motifs is 6. The lowest BCUT2D eigenvalue weighted by Crippen LogP contribution is -3.13. The summed E-state index contributed by atoms with van der Waals surface area (Å²) in [5, 5.41) is 0. The molecule has 12 nitrogen and oxygen atoms in total. The minimum Gasteiger partial charge on any atom is -0.333 e. The van der Waals surface area contributed by atoms with Crippen LogP contribution in [0.15, 0.2) is 0 Å². The number of hydrogen-bond acceptors (Lipinski definition) is 12. The molecule has 0 radical (unpaired) electrons. The highest BCUT2D eigenvalue weighted by molar-refractivity contribution is 7.99. The molecule has 2 N–H and O–H groups in total. The fourth-order valence-electron chi connectivity index (χ4n) is 4.18. The van der Waals surface area contributed by atoms with Crippen LogP contribution >= 0.6 is 23.5 Å². The van der Waals surface area contributed by atoms with Crippen molar-refractivity contribution in [2.45, 2.75) is 12.8 Å². The van der Waals surface area contributed by atoms with Crippen LogP contribution in [0.3, 0.4) is 0 Å². The quantitative estimate of drug-likeness (QED) is 0.278. The number of halogens is 2. The Balaban J connectivity index is 0.000000489. The van der Waals surface area contributed by atoms with Gasteiger partial charge in [0.1, 0.15) is 0 Å². The average Bonchev–Trinajstić information content (AvgIpc) is 2.87. The molecule has 0 aromatic carbocycles. The molecule has 34 heavy (non-hydrogen) atoms. The maximum Gasteiger partial charge on any atom is 0.0900 e. The van der Waals surface area contributed by atoms with Gasteiger partial charge in [0.15, 0.2) is 0 Å². The number of quaternary nitrogens is 2. The summed E-state index contributed by atoms with van der Waals surface area (Å²) in [4.78, 5) is 9.25. The second-order valence-corrected chi connectivity index (χ2v) is 12.3. The standard InChI is InChI=1S/C18H36N4S2.2ClHO4/c1-3-19-7-9-21(13-17-23-15-11-19)5-2-6-22-10-8-20(4-1)12-16-24-18-14-22;2*2-1(3,4)5/h1-18H2;2*(H,2,3,4,5). The molecule has 3 aliphatic heterocycles. The first-order valence-electron chi connectivity index (χ1n) is 11.4. The Labute approximate surface area is 214 Å². The molecule has 204 valence electrons. The van der Waals surface area contributed by atoms with E-state index in [2.05, 4.69) is 33.3 Å². The van der Waals surface area contributed by atoms with Crippen LogP contribution in [0.4, 0.5) is 0 Å². The van der Waals surface area contributed by atoms with Gasteiger partial charge in [-0.15, -0.1) is 20.5 Å². The highest BCUT2D eigenvalue weighted by Gasteiger charge is 2.19. The van der Waals surface area contributed by atoms with Crippen molar-refractivity contribution in [2.75, 3.05) is 102 Å². The molecule has 4 bridgehead atoms. The predicted octanol–water partition coefficient (Wildman–Crippen LogP) is -10.9. The van der Waals surface area contributed by atoms with E-state index < -0.39 is 20.5 Å². The van der Waals surface area contributed by atoms with Gasteiger partial charge in [-0.05, 0) is 0 Å². The molecule has 0 aromatic heterocycles. The van der Waals surface area contributed by atoms with Gasteiger partial charge in [-0.25, -0.2) is 37.3 Å². The van der Waals surface area contributed by atoms with Crippen molar-refractivity contribution in [1.82, 2.24) is 9.80 Å². The lowest BCUT2D eigenvalue weighted by Gasteiger charge is -2.28. The fraction of sp³-hybridized carbons (Fsp3) is 1.00. The zero-order valence-corrected chi connectivity index (χ0v) is 22.6. The predicted molar refractivity (Wildman–Crippen MR) is 108 cm³/mol. The van der Waals surface area contributed by atoms with Gasteiger partial charge in [0.25, 0.3) is 0 Å². The Kier molecular flexibility index (Phi) is 17.5. The van der Waals surface area contributed by atoms with Crippen LogP contribution in [0, 0.1) is 20.5 Å². The van der Waals surface area contributed by atoms with Gasteiger partial charge < -0.3 is 9.80 Å². The zero-order valence-electron chi connectivity index (χ0n) is 19.5. The van der Waals surface area contributed by atoms with Gasteiger partial charge in [0, 0.05) is 75.1 Å². The monoisotopic (exact) mass is 572 g/mol. The van der Waals surface area contributed by atoms with Crippen LogP contribution in [0.2, 0.25) is 0 Å². The number of hydrogen-bond donors (Lipinski definition) is 2. The van der Waals surface area contributed by atoms with Gasteiger partial charge in [-0.3, -0.25) is 9.80 Å². The van der Waals surface area contributed by atoms with Crippen LogP contribution in [-0.2, 0) is 0 Å². The lowest BCUT2D eigenvalue weighted by atomic mass is 10.3. The molecule has 0 spiro atoms. The molecule has 3 saturated heterocycles. The first-order valence-corrected chi connectivity index (χ1v) is 16.2. The normalized spacial score (nSPS) is 30.4. The van der Waals surface area contributed by atoms with Crippen LogP contribution < -0.4 is 47.1 Å². The van der Waals surface area contributed by atoms with Crippen LogP contribution in [0.25, 0.3) is 0 Å². The summed E-state index contributed by atoms with van der Waals surface area (Å²) in [5.41, 5.74) is 0. The van der Waals surface area contributed by atoms with Crippen LogP contribution in [0.5, 0.6) is 0 Å². The number of thioether (sulfide) groups is 2. The van der Waals surface area contributed by atoms with Crippen molar-refractivity contribution < 1.29 is 67.6 Å². The third-order valence-electron chi connectivity index (χ3n) is 5.88. The summed E-state index contributed by atoms with van der Waals surface area (Å²) in [6, 6.07) is 0. The van der Waals surface area contributed by atoms with E-state index in [0.717, 1.165) is 0 Å². The molecule has 0 saturated carbocycles. The Morgan fingerprint density at radius 2 is 0.794 bits per heavy atom. The van der Waals surface area contributed by atoms with Crippen molar-refractivity contribution in [2.24, 2.45) is 0 Å². The van der Waals surface area contributed by atoms with Crippen molar-refractivity contribution in [3.8, 4) is 0 Å². The van der Waals surface area contributed by atoms with E-state index in [1.807, 2.05) is 9.80 Å². The molecule has 4 unspecified atom stereocenters. The van der Waals surface area contributed by atoms with E-state index in [9.17, 15) is 0 Å². The van der Waals surface area contributed by atoms with E-state index in [1.54, 1.807) is 0 Å². The minimum absolute atomic E-state index is 1.32. The number of rotatable bonds is 0. The molecule has 0 amide bonds. The van der Waals surface area contributed by atoms with Gasteiger partial charge >= 0.3 is 0 Å². The Hall–Kier alpha value is 0.800. The first-order chi connectivity index (χ1) is 15.9. The number of nitrogens with one attached hydrogen (secondary N) is 2. The Morgan fingerprint density at radius 3 is 1.15 bits per heavy atom. The van der Waals surface area contributed by atoms with Crippen molar-refractivity contribution in [3.05, 3.63) is 0 Å². The summed E-state index contributed by atoms with van der Waals surface area (Å²) in [7, 11) is -9.89. The van der Waals surface area contributed by atoms with E-state index in [0.29, 0.717) is 0 Å². The molecule has 3 heterocycles. The minimum atomic E-state index is -4.94. The second kappa shape index (κ2) is 18.1. The van der Waals surface area contributed by atoms with Gasteiger partial charge in [-0.1, -0.05) is 0 Å². The summed E-state index contributed by atoms with van der Waals surface area (Å²) < 4.78 is 67.9. The molecule has 16 heteroatoms. The molecule has 0 aromatic rings. The van der Waals surface area contributed by atoms with E-state index >= 15 is 0 Å². The third kappa shape index (κ3) is 22.0. The summed E-state index contributed by atoms with van der Waals surface area (Å²) in [5.74, 6) is 5.41. The molecule has 3 fully saturated rings. The molecule has 3 rings (SSSR count). The third-order valence-corrected chi connectivity index (χ3v) is 7.80. The SMILES string of the molecule is C1CN2CCSCC[NH+](CCCN3CCSCC[NH+](C1)CC3)CC2.[O-][Cl+3]([O-])([O-])[O-].[O-][Cl+3]([O-])([O-])[O-]. The molecule has 4 atom stereocenters. The lowest BCUT2D eigenvalue weighted by molar-refractivity contribution is -2.00. The first kappa shape index (κ1) is 32.8. The van der Waals surface area contributed by atoms with Gasteiger partial charge in [0.05, 0.1) is 39.3 Å². The van der Waals surface area contributed by atoms with Crippen LogP contribution in [0.1, 0.15) is 12.8 Å². The highest BCUT2D eigenvalue weighted by atomic mass is 35.7. The van der Waals surface area contributed by atoms with Gasteiger partial charge in [0.2, 0.25) is 0 Å². The van der Waals surface area contributed by atoms with E-state index in [1.165, 1.54) is 114 Å².